The van der Waals surface area contributed by atoms with Crippen LogP contribution in [0.25, 0.3) is 34.1 Å². The molecule has 2 heterocycles. The normalized spacial score (nSPS) is 15.6. The highest BCUT2D eigenvalue weighted by molar-refractivity contribution is 5.97. The minimum atomic E-state index is 0.0764. The SMILES string of the molecule is C=C1c2ccc(-c3cnc4ccc(C(=O)N(CC5CCC5)C(C)C)cc4n3)cc2C=CN1C. The molecule has 168 valence electrons. The van der Waals surface area contributed by atoms with Gasteiger partial charge in [-0.1, -0.05) is 25.1 Å². The van der Waals surface area contributed by atoms with Gasteiger partial charge in [0.05, 0.1) is 22.9 Å². The summed E-state index contributed by atoms with van der Waals surface area (Å²) in [5.41, 5.74) is 7.20. The van der Waals surface area contributed by atoms with E-state index in [4.69, 9.17) is 4.98 Å². The van der Waals surface area contributed by atoms with Crippen LogP contribution >= 0.6 is 0 Å². The number of aromatic nitrogens is 2. The zero-order valence-corrected chi connectivity index (χ0v) is 19.6. The van der Waals surface area contributed by atoms with E-state index in [1.54, 1.807) is 6.20 Å². The fraction of sp³-hybridized carbons (Fsp3) is 0.321. The van der Waals surface area contributed by atoms with Gasteiger partial charge in [-0.3, -0.25) is 9.78 Å². The minimum Gasteiger partial charge on any atom is -0.351 e. The molecule has 5 rings (SSSR count). The average Bonchev–Trinajstić information content (AvgIpc) is 2.79. The third kappa shape index (κ3) is 4.04. The summed E-state index contributed by atoms with van der Waals surface area (Å²) in [5.74, 6) is 0.713. The van der Waals surface area contributed by atoms with Crippen molar-refractivity contribution >= 4 is 28.7 Å². The van der Waals surface area contributed by atoms with E-state index in [-0.39, 0.29) is 11.9 Å². The van der Waals surface area contributed by atoms with Gasteiger partial charge in [0.2, 0.25) is 0 Å². The predicted octanol–water partition coefficient (Wildman–Crippen LogP) is 5.83. The van der Waals surface area contributed by atoms with Crippen LogP contribution in [0, 0.1) is 5.92 Å². The topological polar surface area (TPSA) is 49.3 Å². The molecule has 2 aliphatic rings. The molecule has 5 heteroatoms. The van der Waals surface area contributed by atoms with Crippen LogP contribution in [0.2, 0.25) is 0 Å². The van der Waals surface area contributed by atoms with Gasteiger partial charge in [-0.15, -0.1) is 0 Å². The highest BCUT2D eigenvalue weighted by Crippen LogP contribution is 2.31. The van der Waals surface area contributed by atoms with Crippen molar-refractivity contribution in [1.82, 2.24) is 19.8 Å². The van der Waals surface area contributed by atoms with Gasteiger partial charge < -0.3 is 9.80 Å². The summed E-state index contributed by atoms with van der Waals surface area (Å²) in [6.45, 7) is 9.19. The van der Waals surface area contributed by atoms with E-state index in [1.807, 2.05) is 41.2 Å². The van der Waals surface area contributed by atoms with Gasteiger partial charge >= 0.3 is 0 Å². The molecule has 0 atom stereocenters. The fourth-order valence-electron chi connectivity index (χ4n) is 4.53. The number of rotatable bonds is 5. The number of benzene rings is 2. The first-order chi connectivity index (χ1) is 15.9. The summed E-state index contributed by atoms with van der Waals surface area (Å²) in [5, 5.41) is 0. The van der Waals surface area contributed by atoms with E-state index in [9.17, 15) is 4.79 Å². The average molecular weight is 439 g/mol. The molecule has 1 aliphatic heterocycles. The molecule has 1 amide bonds. The Bertz CT molecular complexity index is 1270. The number of hydrogen-bond donors (Lipinski definition) is 0. The van der Waals surface area contributed by atoms with E-state index < -0.39 is 0 Å². The molecule has 3 aromatic rings. The monoisotopic (exact) mass is 438 g/mol. The first-order valence-corrected chi connectivity index (χ1v) is 11.7. The lowest BCUT2D eigenvalue weighted by Crippen LogP contribution is -2.41. The summed E-state index contributed by atoms with van der Waals surface area (Å²) in [6.07, 6.45) is 9.63. The Labute approximate surface area is 195 Å². The molecule has 5 nitrogen and oxygen atoms in total. The van der Waals surface area contributed by atoms with Crippen LogP contribution in [0.1, 0.15) is 54.6 Å². The van der Waals surface area contributed by atoms with E-state index >= 15 is 0 Å². The van der Waals surface area contributed by atoms with Crippen LogP contribution in [-0.4, -0.2) is 45.3 Å². The molecule has 0 radical (unpaired) electrons. The van der Waals surface area contributed by atoms with Crippen LogP contribution < -0.4 is 0 Å². The van der Waals surface area contributed by atoms with Crippen molar-refractivity contribution in [3.63, 3.8) is 0 Å². The van der Waals surface area contributed by atoms with Gasteiger partial charge in [0.25, 0.3) is 5.91 Å². The van der Waals surface area contributed by atoms with Crippen molar-refractivity contribution in [3.05, 3.63) is 72.1 Å². The molecule has 1 aliphatic carbocycles. The maximum Gasteiger partial charge on any atom is 0.254 e. The smallest absolute Gasteiger partial charge is 0.254 e. The largest absolute Gasteiger partial charge is 0.351 e. The lowest BCUT2D eigenvalue weighted by Gasteiger charge is -2.35. The fourth-order valence-corrected chi connectivity index (χ4v) is 4.53. The molecule has 0 saturated heterocycles. The maximum absolute atomic E-state index is 13.3. The molecule has 0 unspecified atom stereocenters. The summed E-state index contributed by atoms with van der Waals surface area (Å²) >= 11 is 0. The van der Waals surface area contributed by atoms with Crippen molar-refractivity contribution in [2.24, 2.45) is 5.92 Å². The third-order valence-corrected chi connectivity index (χ3v) is 6.91. The number of amides is 1. The summed E-state index contributed by atoms with van der Waals surface area (Å²) in [4.78, 5) is 26.8. The number of nitrogens with zero attached hydrogens (tertiary/aromatic N) is 4. The highest BCUT2D eigenvalue weighted by atomic mass is 16.2. The van der Waals surface area contributed by atoms with Gasteiger partial charge in [-0.05, 0) is 68.5 Å². The quantitative estimate of drug-likeness (QED) is 0.503. The molecule has 0 spiro atoms. The van der Waals surface area contributed by atoms with Crippen LogP contribution in [0.5, 0.6) is 0 Å². The first kappa shape index (κ1) is 21.4. The maximum atomic E-state index is 13.3. The van der Waals surface area contributed by atoms with E-state index in [0.717, 1.165) is 45.7 Å². The Hall–Kier alpha value is -3.47. The lowest BCUT2D eigenvalue weighted by molar-refractivity contribution is 0.0633. The Morgan fingerprint density at radius 2 is 2.00 bits per heavy atom. The zero-order chi connectivity index (χ0) is 23.1. The Balaban J connectivity index is 1.47. The molecular formula is C28H30N4O. The van der Waals surface area contributed by atoms with Crippen molar-refractivity contribution in [1.29, 1.82) is 0 Å². The second kappa shape index (κ2) is 8.47. The molecule has 1 aromatic heterocycles. The standard InChI is InChI=1S/C28H30N4O/c1-18(2)32(17-20-6-5-7-20)28(33)23-9-11-25-26(15-23)30-27(16-29-25)22-8-10-24-19(3)31(4)13-12-21(24)14-22/h8-16,18,20H,3,5-7,17H2,1-2,4H3. The Morgan fingerprint density at radius 1 is 1.18 bits per heavy atom. The second-order valence-electron chi connectivity index (χ2n) is 9.48. The van der Waals surface area contributed by atoms with Crippen molar-refractivity contribution < 1.29 is 4.79 Å². The van der Waals surface area contributed by atoms with Crippen LogP contribution in [0.15, 0.2) is 55.4 Å². The predicted molar refractivity (Wildman–Crippen MR) is 134 cm³/mol. The third-order valence-electron chi connectivity index (χ3n) is 6.91. The van der Waals surface area contributed by atoms with Gasteiger partial charge in [-0.25, -0.2) is 4.98 Å². The summed E-state index contributed by atoms with van der Waals surface area (Å²) in [7, 11) is 2.00. The van der Waals surface area contributed by atoms with Gasteiger partial charge in [0, 0.05) is 48.2 Å². The molecule has 0 N–H and O–H groups in total. The lowest BCUT2D eigenvalue weighted by atomic mass is 9.85. The molecule has 1 saturated carbocycles. The van der Waals surface area contributed by atoms with Gasteiger partial charge in [0.15, 0.2) is 0 Å². The molecular weight excluding hydrogens is 408 g/mol. The number of carbonyl (C=O) groups is 1. The summed E-state index contributed by atoms with van der Waals surface area (Å²) < 4.78 is 0. The number of fused-ring (bicyclic) bond motifs is 2. The van der Waals surface area contributed by atoms with Gasteiger partial charge in [-0.2, -0.15) is 0 Å². The van der Waals surface area contributed by atoms with Gasteiger partial charge in [0.1, 0.15) is 0 Å². The van der Waals surface area contributed by atoms with E-state index in [2.05, 4.69) is 49.7 Å². The van der Waals surface area contributed by atoms with Crippen LogP contribution in [0.4, 0.5) is 0 Å². The molecule has 0 bridgehead atoms. The highest BCUT2D eigenvalue weighted by Gasteiger charge is 2.26. The number of carbonyl (C=O) groups excluding carboxylic acids is 1. The van der Waals surface area contributed by atoms with Crippen LogP contribution in [-0.2, 0) is 0 Å². The minimum absolute atomic E-state index is 0.0764. The molecule has 2 aromatic carbocycles. The summed E-state index contributed by atoms with van der Waals surface area (Å²) in [6, 6.07) is 12.1. The second-order valence-corrected chi connectivity index (χ2v) is 9.48. The van der Waals surface area contributed by atoms with Crippen molar-refractivity contribution in [2.45, 2.75) is 39.2 Å². The Morgan fingerprint density at radius 3 is 2.73 bits per heavy atom. The molecule has 33 heavy (non-hydrogen) atoms. The first-order valence-electron chi connectivity index (χ1n) is 11.7. The van der Waals surface area contributed by atoms with Crippen LogP contribution in [0.3, 0.4) is 0 Å². The number of hydrogen-bond acceptors (Lipinski definition) is 4. The zero-order valence-electron chi connectivity index (χ0n) is 19.6. The van der Waals surface area contributed by atoms with Crippen molar-refractivity contribution in [2.75, 3.05) is 13.6 Å². The van der Waals surface area contributed by atoms with E-state index in [0.29, 0.717) is 11.5 Å². The Kier molecular flexibility index (Phi) is 5.49. The molecule has 1 fully saturated rings. The van der Waals surface area contributed by atoms with Crippen molar-refractivity contribution in [3.8, 4) is 11.3 Å². The van der Waals surface area contributed by atoms with E-state index in [1.165, 1.54) is 19.3 Å².